The van der Waals surface area contributed by atoms with Gasteiger partial charge in [0, 0.05) is 12.6 Å². The summed E-state index contributed by atoms with van der Waals surface area (Å²) < 4.78 is 12.8. The highest BCUT2D eigenvalue weighted by Gasteiger charge is 2.10. The van der Waals surface area contributed by atoms with E-state index >= 15 is 0 Å². The van der Waals surface area contributed by atoms with Gasteiger partial charge in [0.25, 0.3) is 5.91 Å². The highest BCUT2D eigenvalue weighted by atomic mass is 19.1. The number of phenols is 1. The molecule has 0 saturated heterocycles. The van der Waals surface area contributed by atoms with E-state index in [1.165, 1.54) is 6.07 Å². The standard InChI is InChI=1S/C15H14FNO2/c16-12-6-7-13(14(18)10-12)15(19)17-9-8-11-4-2-1-3-5-11/h1-7,10,18H,8-9H2,(H,17,19). The van der Waals surface area contributed by atoms with Gasteiger partial charge in [0.1, 0.15) is 11.6 Å². The van der Waals surface area contributed by atoms with E-state index in [0.29, 0.717) is 13.0 Å². The molecule has 0 radical (unpaired) electrons. The number of carbonyl (C=O) groups is 1. The van der Waals surface area contributed by atoms with Crippen LogP contribution in [0.5, 0.6) is 5.75 Å². The molecule has 0 heterocycles. The van der Waals surface area contributed by atoms with Crippen molar-refractivity contribution in [2.45, 2.75) is 6.42 Å². The Hall–Kier alpha value is -2.36. The maximum Gasteiger partial charge on any atom is 0.255 e. The molecule has 19 heavy (non-hydrogen) atoms. The molecule has 2 aromatic carbocycles. The van der Waals surface area contributed by atoms with E-state index in [1.54, 1.807) is 0 Å². The molecule has 4 heteroatoms. The fourth-order valence-corrected chi connectivity index (χ4v) is 1.76. The first kappa shape index (κ1) is 13.1. The van der Waals surface area contributed by atoms with E-state index in [4.69, 9.17) is 0 Å². The Morgan fingerprint density at radius 1 is 1.16 bits per heavy atom. The molecule has 0 saturated carbocycles. The molecule has 0 aliphatic carbocycles. The van der Waals surface area contributed by atoms with Crippen LogP contribution in [0.15, 0.2) is 48.5 Å². The Kier molecular flexibility index (Phi) is 4.13. The van der Waals surface area contributed by atoms with Gasteiger partial charge in [-0.25, -0.2) is 4.39 Å². The van der Waals surface area contributed by atoms with E-state index in [0.717, 1.165) is 17.7 Å². The number of rotatable bonds is 4. The largest absolute Gasteiger partial charge is 0.507 e. The minimum Gasteiger partial charge on any atom is -0.507 e. The Balaban J connectivity index is 1.91. The lowest BCUT2D eigenvalue weighted by Gasteiger charge is -2.07. The molecule has 2 N–H and O–H groups in total. The predicted molar refractivity (Wildman–Crippen MR) is 70.5 cm³/mol. The van der Waals surface area contributed by atoms with Crippen LogP contribution in [0.3, 0.4) is 0 Å². The van der Waals surface area contributed by atoms with Gasteiger partial charge < -0.3 is 10.4 Å². The van der Waals surface area contributed by atoms with Crippen LogP contribution in [0, 0.1) is 5.82 Å². The first-order chi connectivity index (χ1) is 9.16. The van der Waals surface area contributed by atoms with Crippen LogP contribution < -0.4 is 5.32 Å². The van der Waals surface area contributed by atoms with Crippen molar-refractivity contribution < 1.29 is 14.3 Å². The van der Waals surface area contributed by atoms with Gasteiger partial charge in [-0.15, -0.1) is 0 Å². The molecular weight excluding hydrogens is 245 g/mol. The Labute approximate surface area is 110 Å². The molecule has 0 aliphatic heterocycles. The smallest absolute Gasteiger partial charge is 0.255 e. The Morgan fingerprint density at radius 3 is 2.58 bits per heavy atom. The van der Waals surface area contributed by atoms with Crippen LogP contribution in [0.4, 0.5) is 4.39 Å². The van der Waals surface area contributed by atoms with Gasteiger partial charge in [0.2, 0.25) is 0 Å². The van der Waals surface area contributed by atoms with Gasteiger partial charge in [-0.3, -0.25) is 4.79 Å². The lowest BCUT2D eigenvalue weighted by molar-refractivity contribution is 0.0951. The summed E-state index contributed by atoms with van der Waals surface area (Å²) in [6.07, 6.45) is 0.703. The molecule has 0 aliphatic rings. The molecule has 2 aromatic rings. The number of amides is 1. The normalized spacial score (nSPS) is 10.2. The van der Waals surface area contributed by atoms with Gasteiger partial charge in [-0.2, -0.15) is 0 Å². The van der Waals surface area contributed by atoms with Gasteiger partial charge in [-0.05, 0) is 24.1 Å². The van der Waals surface area contributed by atoms with E-state index in [-0.39, 0.29) is 11.3 Å². The van der Waals surface area contributed by atoms with Crippen molar-refractivity contribution >= 4 is 5.91 Å². The molecule has 2 rings (SSSR count). The van der Waals surface area contributed by atoms with Crippen molar-refractivity contribution in [3.05, 3.63) is 65.5 Å². The summed E-state index contributed by atoms with van der Waals surface area (Å²) in [5.41, 5.74) is 1.19. The van der Waals surface area contributed by atoms with E-state index in [2.05, 4.69) is 5.32 Å². The second-order valence-corrected chi connectivity index (χ2v) is 4.15. The first-order valence-electron chi connectivity index (χ1n) is 5.97. The number of hydrogen-bond donors (Lipinski definition) is 2. The van der Waals surface area contributed by atoms with Gasteiger partial charge >= 0.3 is 0 Å². The highest BCUT2D eigenvalue weighted by molar-refractivity contribution is 5.96. The molecule has 0 bridgehead atoms. The van der Waals surface area contributed by atoms with Gasteiger partial charge in [0.15, 0.2) is 0 Å². The summed E-state index contributed by atoms with van der Waals surface area (Å²) in [4.78, 5) is 11.8. The maximum absolute atomic E-state index is 12.8. The molecule has 0 atom stereocenters. The zero-order valence-electron chi connectivity index (χ0n) is 10.3. The minimum atomic E-state index is -0.571. The quantitative estimate of drug-likeness (QED) is 0.886. The molecule has 0 aromatic heterocycles. The van der Waals surface area contributed by atoms with E-state index < -0.39 is 11.7 Å². The topological polar surface area (TPSA) is 49.3 Å². The number of halogens is 1. The van der Waals surface area contributed by atoms with Crippen molar-refractivity contribution in [3.8, 4) is 5.75 Å². The number of hydrogen-bond acceptors (Lipinski definition) is 2. The third-order valence-electron chi connectivity index (χ3n) is 2.75. The van der Waals surface area contributed by atoms with Gasteiger partial charge in [-0.1, -0.05) is 30.3 Å². The third-order valence-corrected chi connectivity index (χ3v) is 2.75. The second-order valence-electron chi connectivity index (χ2n) is 4.15. The first-order valence-corrected chi connectivity index (χ1v) is 5.97. The van der Waals surface area contributed by atoms with Crippen LogP contribution in [-0.2, 0) is 6.42 Å². The van der Waals surface area contributed by atoms with Crippen LogP contribution in [0.1, 0.15) is 15.9 Å². The fraction of sp³-hybridized carbons (Fsp3) is 0.133. The summed E-state index contributed by atoms with van der Waals surface area (Å²) in [6.45, 7) is 0.458. The zero-order valence-corrected chi connectivity index (χ0v) is 10.3. The number of phenolic OH excluding ortho intramolecular Hbond substituents is 1. The summed E-state index contributed by atoms with van der Waals surface area (Å²) in [5.74, 6) is -1.33. The Morgan fingerprint density at radius 2 is 1.89 bits per heavy atom. The number of carbonyl (C=O) groups excluding carboxylic acids is 1. The van der Waals surface area contributed by atoms with Crippen molar-refractivity contribution in [2.24, 2.45) is 0 Å². The molecule has 98 valence electrons. The summed E-state index contributed by atoms with van der Waals surface area (Å²) in [5, 5.41) is 12.2. The fourth-order valence-electron chi connectivity index (χ4n) is 1.76. The van der Waals surface area contributed by atoms with E-state index in [1.807, 2.05) is 30.3 Å². The van der Waals surface area contributed by atoms with Crippen molar-refractivity contribution in [3.63, 3.8) is 0 Å². The van der Waals surface area contributed by atoms with E-state index in [9.17, 15) is 14.3 Å². The lowest BCUT2D eigenvalue weighted by Crippen LogP contribution is -2.25. The third kappa shape index (κ3) is 3.55. The average molecular weight is 259 g/mol. The minimum absolute atomic E-state index is 0.0782. The number of nitrogens with one attached hydrogen (secondary N) is 1. The van der Waals surface area contributed by atoms with Gasteiger partial charge in [0.05, 0.1) is 5.56 Å². The number of aromatic hydroxyl groups is 1. The molecule has 0 fully saturated rings. The van der Waals surface area contributed by atoms with Crippen LogP contribution in [0.25, 0.3) is 0 Å². The van der Waals surface area contributed by atoms with Crippen molar-refractivity contribution in [2.75, 3.05) is 6.54 Å². The van der Waals surface area contributed by atoms with Crippen LogP contribution in [-0.4, -0.2) is 17.6 Å². The molecule has 3 nitrogen and oxygen atoms in total. The van der Waals surface area contributed by atoms with Crippen molar-refractivity contribution in [1.82, 2.24) is 5.32 Å². The SMILES string of the molecule is O=C(NCCc1ccccc1)c1ccc(F)cc1O. The van der Waals surface area contributed by atoms with Crippen molar-refractivity contribution in [1.29, 1.82) is 0 Å². The summed E-state index contributed by atoms with van der Waals surface area (Å²) in [6, 6.07) is 13.1. The Bertz CT molecular complexity index is 570. The second kappa shape index (κ2) is 6.00. The van der Waals surface area contributed by atoms with Crippen LogP contribution >= 0.6 is 0 Å². The number of benzene rings is 2. The molecular formula is C15H14FNO2. The molecule has 0 unspecified atom stereocenters. The van der Waals surface area contributed by atoms with Crippen LogP contribution in [0.2, 0.25) is 0 Å². The molecule has 1 amide bonds. The maximum atomic E-state index is 12.8. The zero-order chi connectivity index (χ0) is 13.7. The summed E-state index contributed by atoms with van der Waals surface area (Å²) in [7, 11) is 0. The lowest BCUT2D eigenvalue weighted by atomic mass is 10.1. The monoisotopic (exact) mass is 259 g/mol. The average Bonchev–Trinajstić information content (AvgIpc) is 2.39. The predicted octanol–water partition coefficient (Wildman–Crippen LogP) is 2.50. The summed E-state index contributed by atoms with van der Waals surface area (Å²) >= 11 is 0. The molecule has 0 spiro atoms. The highest BCUT2D eigenvalue weighted by Crippen LogP contribution is 2.17.